The molecule has 3 aromatic heterocycles. The molecule has 0 aromatic carbocycles. The fourth-order valence-corrected chi connectivity index (χ4v) is 5.22. The molecule has 1 saturated heterocycles. The van der Waals surface area contributed by atoms with Crippen LogP contribution in [0.3, 0.4) is 0 Å². The Morgan fingerprint density at radius 1 is 1.12 bits per heavy atom. The number of halogens is 2. The number of aryl methyl sites for hydroxylation is 1. The maximum absolute atomic E-state index is 13.3. The standard InChI is InChI=1S/C20H26F2N8OS/c1-29-11-13(10-23-29)25-20-27-17(15-18(28-20)32-19(26-15)16(21)22)24-12-2-4-14(5-3-12)30-6-8-31-9-7-30/h10-12,14,16H,2-9H2,1H3,(H2,24,25,27,28). The number of aromatic nitrogens is 5. The van der Waals surface area contributed by atoms with Crippen LogP contribution < -0.4 is 10.6 Å². The zero-order chi connectivity index (χ0) is 22.1. The van der Waals surface area contributed by atoms with Crippen molar-refractivity contribution in [1.82, 2.24) is 29.6 Å². The van der Waals surface area contributed by atoms with Crippen LogP contribution in [0.2, 0.25) is 0 Å². The number of alkyl halides is 2. The summed E-state index contributed by atoms with van der Waals surface area (Å²) in [5.74, 6) is 0.832. The monoisotopic (exact) mass is 464 g/mol. The van der Waals surface area contributed by atoms with Crippen molar-refractivity contribution in [3.8, 4) is 0 Å². The highest BCUT2D eigenvalue weighted by atomic mass is 32.1. The molecule has 4 heterocycles. The summed E-state index contributed by atoms with van der Waals surface area (Å²) in [6.07, 6.45) is 4.98. The van der Waals surface area contributed by atoms with Crippen LogP contribution >= 0.6 is 11.3 Å². The lowest BCUT2D eigenvalue weighted by Gasteiger charge is -2.39. The second kappa shape index (κ2) is 9.20. The average molecular weight is 465 g/mol. The summed E-state index contributed by atoms with van der Waals surface area (Å²) >= 11 is 0.899. The number of fused-ring (bicyclic) bond motifs is 1. The minimum absolute atomic E-state index is 0.216. The van der Waals surface area contributed by atoms with E-state index in [-0.39, 0.29) is 11.0 Å². The molecule has 0 spiro atoms. The number of rotatable bonds is 6. The number of nitrogens with zero attached hydrogens (tertiary/aromatic N) is 6. The smallest absolute Gasteiger partial charge is 0.289 e. The van der Waals surface area contributed by atoms with Crippen molar-refractivity contribution in [3.63, 3.8) is 0 Å². The van der Waals surface area contributed by atoms with Crippen LogP contribution in [-0.4, -0.2) is 68.0 Å². The highest BCUT2D eigenvalue weighted by Gasteiger charge is 2.28. The quantitative estimate of drug-likeness (QED) is 0.572. The highest BCUT2D eigenvalue weighted by Crippen LogP contribution is 2.34. The summed E-state index contributed by atoms with van der Waals surface area (Å²) in [5.41, 5.74) is 1.12. The first-order chi connectivity index (χ1) is 15.5. The molecule has 5 rings (SSSR count). The van der Waals surface area contributed by atoms with E-state index in [1.807, 2.05) is 7.05 Å². The van der Waals surface area contributed by atoms with Crippen LogP contribution in [-0.2, 0) is 11.8 Å². The van der Waals surface area contributed by atoms with Gasteiger partial charge in [-0.1, -0.05) is 11.3 Å². The zero-order valence-corrected chi connectivity index (χ0v) is 18.6. The number of nitrogens with one attached hydrogen (secondary N) is 2. The van der Waals surface area contributed by atoms with Crippen LogP contribution in [0.15, 0.2) is 12.4 Å². The van der Waals surface area contributed by atoms with Crippen molar-refractivity contribution in [1.29, 1.82) is 0 Å². The van der Waals surface area contributed by atoms with Gasteiger partial charge in [-0.2, -0.15) is 15.1 Å². The van der Waals surface area contributed by atoms with E-state index in [4.69, 9.17) is 4.74 Å². The Morgan fingerprint density at radius 2 is 1.91 bits per heavy atom. The van der Waals surface area contributed by atoms with Crippen molar-refractivity contribution >= 4 is 39.1 Å². The molecule has 1 saturated carbocycles. The minimum atomic E-state index is -2.64. The first-order valence-corrected chi connectivity index (χ1v) is 11.7. The Kier molecular flexibility index (Phi) is 6.15. The third-order valence-corrected chi connectivity index (χ3v) is 6.98. The van der Waals surface area contributed by atoms with E-state index >= 15 is 0 Å². The SMILES string of the molecule is Cn1cc(Nc2nc(NC3CCC(N4CCOCC4)CC3)c3nc(C(F)F)sc3n2)cn1. The molecule has 32 heavy (non-hydrogen) atoms. The third-order valence-electron chi connectivity index (χ3n) is 6.02. The summed E-state index contributed by atoms with van der Waals surface area (Å²) in [4.78, 5) is 16.1. The molecule has 2 fully saturated rings. The Morgan fingerprint density at radius 3 is 2.59 bits per heavy atom. The van der Waals surface area contributed by atoms with Crippen molar-refractivity contribution in [3.05, 3.63) is 17.4 Å². The Labute approximate surface area is 188 Å². The average Bonchev–Trinajstić information content (AvgIpc) is 3.41. The summed E-state index contributed by atoms with van der Waals surface area (Å²) in [7, 11) is 1.81. The lowest BCUT2D eigenvalue weighted by atomic mass is 9.90. The Balaban J connectivity index is 1.34. The fourth-order valence-electron chi connectivity index (χ4n) is 4.42. The van der Waals surface area contributed by atoms with Gasteiger partial charge in [0, 0.05) is 38.4 Å². The number of ether oxygens (including phenoxy) is 1. The number of morpholine rings is 1. The predicted octanol–water partition coefficient (Wildman–Crippen LogP) is 3.56. The van der Waals surface area contributed by atoms with Crippen LogP contribution in [0.25, 0.3) is 10.3 Å². The van der Waals surface area contributed by atoms with E-state index < -0.39 is 6.43 Å². The van der Waals surface area contributed by atoms with Crippen molar-refractivity contribution < 1.29 is 13.5 Å². The third kappa shape index (κ3) is 4.66. The van der Waals surface area contributed by atoms with Gasteiger partial charge in [-0.25, -0.2) is 13.8 Å². The number of thiazole rings is 1. The molecule has 1 aliphatic heterocycles. The maximum atomic E-state index is 13.3. The van der Waals surface area contributed by atoms with Gasteiger partial charge in [0.25, 0.3) is 6.43 Å². The molecule has 172 valence electrons. The predicted molar refractivity (Wildman–Crippen MR) is 119 cm³/mol. The van der Waals surface area contributed by atoms with Gasteiger partial charge >= 0.3 is 0 Å². The van der Waals surface area contributed by atoms with Gasteiger partial charge in [0.05, 0.1) is 25.1 Å². The molecular formula is C20H26F2N8OS. The number of hydrogen-bond acceptors (Lipinski definition) is 9. The first kappa shape index (κ1) is 21.4. The fraction of sp³-hybridized carbons (Fsp3) is 0.600. The van der Waals surface area contributed by atoms with Gasteiger partial charge in [0.15, 0.2) is 15.7 Å². The van der Waals surface area contributed by atoms with Crippen LogP contribution in [0.5, 0.6) is 0 Å². The molecule has 9 nitrogen and oxygen atoms in total. The highest BCUT2D eigenvalue weighted by molar-refractivity contribution is 7.18. The van der Waals surface area contributed by atoms with Crippen molar-refractivity contribution in [2.45, 2.75) is 44.2 Å². The number of hydrogen-bond donors (Lipinski definition) is 2. The molecule has 0 atom stereocenters. The second-order valence-electron chi connectivity index (χ2n) is 8.23. The van der Waals surface area contributed by atoms with Gasteiger partial charge in [0.1, 0.15) is 5.52 Å². The van der Waals surface area contributed by atoms with E-state index in [1.165, 1.54) is 0 Å². The maximum Gasteiger partial charge on any atom is 0.289 e. The van der Waals surface area contributed by atoms with Gasteiger partial charge in [0.2, 0.25) is 5.95 Å². The Bertz CT molecular complexity index is 1060. The van der Waals surface area contributed by atoms with Crippen LogP contribution in [0.4, 0.5) is 26.2 Å². The van der Waals surface area contributed by atoms with E-state index in [2.05, 4.69) is 35.6 Å². The van der Waals surface area contributed by atoms with Crippen LogP contribution in [0.1, 0.15) is 37.1 Å². The van der Waals surface area contributed by atoms with E-state index in [1.54, 1.807) is 17.1 Å². The molecule has 0 unspecified atom stereocenters. The van der Waals surface area contributed by atoms with Gasteiger partial charge in [-0.15, -0.1) is 0 Å². The summed E-state index contributed by atoms with van der Waals surface area (Å²) < 4.78 is 33.7. The molecule has 0 radical (unpaired) electrons. The molecule has 2 aliphatic rings. The zero-order valence-electron chi connectivity index (χ0n) is 17.8. The molecule has 3 aromatic rings. The first-order valence-electron chi connectivity index (χ1n) is 10.9. The van der Waals surface area contributed by atoms with Crippen LogP contribution in [0, 0.1) is 0 Å². The second-order valence-corrected chi connectivity index (χ2v) is 9.24. The molecule has 2 N–H and O–H groups in total. The molecule has 12 heteroatoms. The molecule has 0 bridgehead atoms. The summed E-state index contributed by atoms with van der Waals surface area (Å²) in [6, 6.07) is 0.795. The largest absolute Gasteiger partial charge is 0.379 e. The van der Waals surface area contributed by atoms with E-state index in [0.717, 1.165) is 69.0 Å². The van der Waals surface area contributed by atoms with Gasteiger partial charge in [-0.05, 0) is 25.7 Å². The van der Waals surface area contributed by atoms with E-state index in [0.29, 0.717) is 28.2 Å². The van der Waals surface area contributed by atoms with E-state index in [9.17, 15) is 8.78 Å². The molecular weight excluding hydrogens is 438 g/mol. The lowest BCUT2D eigenvalue weighted by molar-refractivity contribution is 0.00791. The molecule has 1 aliphatic carbocycles. The van der Waals surface area contributed by atoms with Crippen molar-refractivity contribution in [2.24, 2.45) is 7.05 Å². The van der Waals surface area contributed by atoms with Gasteiger partial charge in [-0.3, -0.25) is 9.58 Å². The number of anilines is 3. The Hall–Kier alpha value is -2.44. The lowest BCUT2D eigenvalue weighted by Crippen LogP contribution is -2.46. The topological polar surface area (TPSA) is 93.0 Å². The normalized spacial score (nSPS) is 22.5. The summed E-state index contributed by atoms with van der Waals surface area (Å²) in [6.45, 7) is 3.60. The molecule has 0 amide bonds. The van der Waals surface area contributed by atoms with Gasteiger partial charge < -0.3 is 15.4 Å². The summed E-state index contributed by atoms with van der Waals surface area (Å²) in [5, 5.41) is 10.5. The van der Waals surface area contributed by atoms with Crippen molar-refractivity contribution in [2.75, 3.05) is 36.9 Å². The minimum Gasteiger partial charge on any atom is -0.379 e.